The molecule has 3 amide bonds. The minimum atomic E-state index is -0.676. The van der Waals surface area contributed by atoms with Crippen LogP contribution in [-0.2, 0) is 16.1 Å². The number of rotatable bonds is 4. The molecule has 2 aromatic carbocycles. The van der Waals surface area contributed by atoms with Gasteiger partial charge in [-0.15, -0.1) is 0 Å². The summed E-state index contributed by atoms with van der Waals surface area (Å²) in [6, 6.07) is 15.5. The molecular formula is C26H24N4O3. The Morgan fingerprint density at radius 3 is 2.67 bits per heavy atom. The van der Waals surface area contributed by atoms with Crippen LogP contribution in [0.5, 0.6) is 0 Å². The van der Waals surface area contributed by atoms with Crippen LogP contribution >= 0.6 is 0 Å². The summed E-state index contributed by atoms with van der Waals surface area (Å²) in [7, 11) is 0. The third kappa shape index (κ3) is 3.31. The second-order valence-electron chi connectivity index (χ2n) is 9.10. The Balaban J connectivity index is 1.32. The smallest absolute Gasteiger partial charge is 0.259 e. The predicted molar refractivity (Wildman–Crippen MR) is 124 cm³/mol. The normalized spacial score (nSPS) is 22.9. The second-order valence-corrected chi connectivity index (χ2v) is 9.10. The van der Waals surface area contributed by atoms with Crippen molar-refractivity contribution in [3.8, 4) is 0 Å². The molecule has 0 radical (unpaired) electrons. The fourth-order valence-corrected chi connectivity index (χ4v) is 5.53. The predicted octanol–water partition coefficient (Wildman–Crippen LogP) is 2.99. The summed E-state index contributed by atoms with van der Waals surface area (Å²) in [4.78, 5) is 46.2. The summed E-state index contributed by atoms with van der Waals surface area (Å²) < 4.78 is 0. The topological polar surface area (TPSA) is 82.6 Å². The Hall–Kier alpha value is -3.58. The lowest BCUT2D eigenvalue weighted by Crippen LogP contribution is -2.53. The lowest BCUT2D eigenvalue weighted by molar-refractivity contribution is -0.134. The van der Waals surface area contributed by atoms with E-state index < -0.39 is 11.9 Å². The Morgan fingerprint density at radius 2 is 1.85 bits per heavy atom. The molecule has 1 aromatic heterocycles. The number of hydrogen-bond acceptors (Lipinski definition) is 5. The van der Waals surface area contributed by atoms with Gasteiger partial charge in [0.05, 0.1) is 16.8 Å². The number of likely N-dealkylation sites (tertiary alicyclic amines) is 1. The van der Waals surface area contributed by atoms with Gasteiger partial charge in [0.15, 0.2) is 0 Å². The van der Waals surface area contributed by atoms with Crippen molar-refractivity contribution in [2.75, 3.05) is 18.0 Å². The van der Waals surface area contributed by atoms with E-state index in [2.05, 4.69) is 39.5 Å². The van der Waals surface area contributed by atoms with Gasteiger partial charge in [-0.2, -0.15) is 0 Å². The van der Waals surface area contributed by atoms with E-state index in [4.69, 9.17) is 0 Å². The van der Waals surface area contributed by atoms with Crippen molar-refractivity contribution in [3.05, 3.63) is 71.4 Å². The number of nitrogens with zero attached hydrogens (tertiary/aromatic N) is 3. The Bertz CT molecular complexity index is 1290. The minimum Gasteiger partial charge on any atom is -0.298 e. The maximum Gasteiger partial charge on any atom is 0.259 e. The molecule has 3 aliphatic rings. The Labute approximate surface area is 191 Å². The molecule has 2 saturated heterocycles. The Kier molecular flexibility index (Phi) is 4.73. The molecule has 0 aliphatic carbocycles. The number of carbonyl (C=O) groups is 3. The number of piperidine rings is 1. The molecule has 7 heteroatoms. The first-order valence-electron chi connectivity index (χ1n) is 11.5. The van der Waals surface area contributed by atoms with Crippen LogP contribution in [0.25, 0.3) is 10.9 Å². The van der Waals surface area contributed by atoms with Gasteiger partial charge in [-0.25, -0.2) is 0 Å². The van der Waals surface area contributed by atoms with E-state index in [9.17, 15) is 14.4 Å². The van der Waals surface area contributed by atoms with Crippen LogP contribution in [-0.4, -0.2) is 46.7 Å². The highest BCUT2D eigenvalue weighted by Gasteiger charge is 2.41. The molecule has 4 heterocycles. The van der Waals surface area contributed by atoms with Crippen LogP contribution in [0.1, 0.15) is 46.7 Å². The highest BCUT2D eigenvalue weighted by Crippen LogP contribution is 2.42. The molecule has 1 N–H and O–H groups in total. The number of anilines is 1. The molecular weight excluding hydrogens is 416 g/mol. The van der Waals surface area contributed by atoms with E-state index in [1.165, 1.54) is 5.56 Å². The first-order chi connectivity index (χ1) is 16.1. The SMILES string of the molecule is O=C1CCC(N2C(=O)c3ccc(C4CCN(Cc5ccccc5)C4)c4nccc2c34)C(=O)N1. The number of pyridine rings is 1. The second kappa shape index (κ2) is 7.78. The van der Waals surface area contributed by atoms with E-state index in [0.29, 0.717) is 17.9 Å². The number of aromatic nitrogens is 1. The van der Waals surface area contributed by atoms with Crippen LogP contribution in [0.2, 0.25) is 0 Å². The number of benzene rings is 2. The number of imide groups is 1. The van der Waals surface area contributed by atoms with Crippen molar-refractivity contribution in [3.63, 3.8) is 0 Å². The third-order valence-corrected chi connectivity index (χ3v) is 7.09. The van der Waals surface area contributed by atoms with E-state index in [0.717, 1.165) is 48.2 Å². The third-order valence-electron chi connectivity index (χ3n) is 7.09. The van der Waals surface area contributed by atoms with Crippen molar-refractivity contribution >= 4 is 34.3 Å². The molecule has 2 atom stereocenters. The van der Waals surface area contributed by atoms with Crippen LogP contribution in [0, 0.1) is 0 Å². The van der Waals surface area contributed by atoms with E-state index >= 15 is 0 Å². The van der Waals surface area contributed by atoms with Crippen molar-refractivity contribution in [2.45, 2.75) is 37.8 Å². The number of nitrogens with one attached hydrogen (secondary N) is 1. The number of hydrogen-bond donors (Lipinski definition) is 1. The summed E-state index contributed by atoms with van der Waals surface area (Å²) in [6.07, 6.45) is 3.32. The van der Waals surface area contributed by atoms with E-state index in [1.807, 2.05) is 18.2 Å². The summed E-state index contributed by atoms with van der Waals surface area (Å²) in [6.45, 7) is 2.89. The lowest BCUT2D eigenvalue weighted by atomic mass is 9.94. The summed E-state index contributed by atoms with van der Waals surface area (Å²) in [5.41, 5.74) is 4.61. The van der Waals surface area contributed by atoms with Gasteiger partial charge in [-0.05, 0) is 48.6 Å². The molecule has 7 nitrogen and oxygen atoms in total. The van der Waals surface area contributed by atoms with Crippen molar-refractivity contribution in [1.29, 1.82) is 0 Å². The zero-order valence-electron chi connectivity index (χ0n) is 18.2. The molecule has 3 aliphatic heterocycles. The number of amides is 3. The van der Waals surface area contributed by atoms with Crippen LogP contribution in [0.3, 0.4) is 0 Å². The lowest BCUT2D eigenvalue weighted by Gasteiger charge is -2.30. The zero-order chi connectivity index (χ0) is 22.5. The van der Waals surface area contributed by atoms with Crippen molar-refractivity contribution in [1.82, 2.24) is 15.2 Å². The van der Waals surface area contributed by atoms with Crippen molar-refractivity contribution in [2.24, 2.45) is 0 Å². The van der Waals surface area contributed by atoms with Gasteiger partial charge < -0.3 is 0 Å². The Morgan fingerprint density at radius 1 is 1.00 bits per heavy atom. The highest BCUT2D eigenvalue weighted by atomic mass is 16.2. The molecule has 3 aromatic rings. The average Bonchev–Trinajstić information content (AvgIpc) is 3.39. The summed E-state index contributed by atoms with van der Waals surface area (Å²) in [5.74, 6) is -0.555. The molecule has 0 spiro atoms. The fraction of sp³-hybridized carbons (Fsp3) is 0.308. The van der Waals surface area contributed by atoms with Gasteiger partial charge in [0.2, 0.25) is 11.8 Å². The highest BCUT2D eigenvalue weighted by molar-refractivity contribution is 6.27. The van der Waals surface area contributed by atoms with Gasteiger partial charge >= 0.3 is 0 Å². The van der Waals surface area contributed by atoms with E-state index in [-0.39, 0.29) is 18.2 Å². The standard InChI is InChI=1S/C26H24N4O3/c31-22-9-8-21(25(32)28-22)30-20-10-12-27-24-18(6-7-19(23(20)24)26(30)33)17-11-13-29(15-17)14-16-4-2-1-3-5-16/h1-7,10,12,17,21H,8-9,11,13-15H2,(H,28,31,32). The van der Waals surface area contributed by atoms with Crippen LogP contribution < -0.4 is 10.2 Å². The zero-order valence-corrected chi connectivity index (χ0v) is 18.2. The van der Waals surface area contributed by atoms with E-state index in [1.54, 1.807) is 17.2 Å². The molecule has 6 rings (SSSR count). The minimum absolute atomic E-state index is 0.193. The molecule has 166 valence electrons. The monoisotopic (exact) mass is 440 g/mol. The van der Waals surface area contributed by atoms with Crippen LogP contribution in [0.15, 0.2) is 54.7 Å². The summed E-state index contributed by atoms with van der Waals surface area (Å²) >= 11 is 0. The quantitative estimate of drug-likeness (QED) is 0.631. The summed E-state index contributed by atoms with van der Waals surface area (Å²) in [5, 5.41) is 3.20. The molecule has 33 heavy (non-hydrogen) atoms. The molecule has 2 unspecified atom stereocenters. The van der Waals surface area contributed by atoms with Crippen molar-refractivity contribution < 1.29 is 14.4 Å². The maximum absolute atomic E-state index is 13.3. The van der Waals surface area contributed by atoms with Crippen LogP contribution in [0.4, 0.5) is 5.69 Å². The van der Waals surface area contributed by atoms with Gasteiger partial charge in [-0.1, -0.05) is 36.4 Å². The molecule has 0 bridgehead atoms. The van der Waals surface area contributed by atoms with Gasteiger partial charge in [0.25, 0.3) is 5.91 Å². The van der Waals surface area contributed by atoms with Gasteiger partial charge in [0, 0.05) is 31.1 Å². The average molecular weight is 441 g/mol. The molecule has 2 fully saturated rings. The fourth-order valence-electron chi connectivity index (χ4n) is 5.53. The first kappa shape index (κ1) is 20.1. The first-order valence-corrected chi connectivity index (χ1v) is 11.5. The van der Waals surface area contributed by atoms with Gasteiger partial charge in [0.1, 0.15) is 6.04 Å². The largest absolute Gasteiger partial charge is 0.298 e. The maximum atomic E-state index is 13.3. The molecule has 0 saturated carbocycles. The van der Waals surface area contributed by atoms with Gasteiger partial charge in [-0.3, -0.25) is 34.5 Å². The number of carbonyl (C=O) groups excluding carboxylic acids is 3.